The van der Waals surface area contributed by atoms with Gasteiger partial charge in [-0.25, -0.2) is 0 Å². The Morgan fingerprint density at radius 1 is 0.550 bits per heavy atom. The molecule has 3 nitrogen and oxygen atoms in total. The second-order valence-corrected chi connectivity index (χ2v) is 10.5. The number of ether oxygens (including phenoxy) is 1. The molecule has 0 spiro atoms. The van der Waals surface area contributed by atoms with E-state index >= 15 is 0 Å². The van der Waals surface area contributed by atoms with Crippen molar-refractivity contribution in [3.63, 3.8) is 0 Å². The highest BCUT2D eigenvalue weighted by Crippen LogP contribution is 2.43. The Bertz CT molecular complexity index is 2060. The van der Waals surface area contributed by atoms with E-state index in [0.29, 0.717) is 0 Å². The van der Waals surface area contributed by atoms with E-state index in [1.165, 1.54) is 43.9 Å². The monoisotopic (exact) mass is 510 g/mol. The first-order valence-corrected chi connectivity index (χ1v) is 13.7. The number of fused-ring (bicyclic) bond motifs is 7. The van der Waals surface area contributed by atoms with Crippen LogP contribution in [0.2, 0.25) is 0 Å². The Kier molecular flexibility index (Phi) is 4.41. The Labute approximate surface area is 232 Å². The maximum atomic E-state index is 6.92. The SMILES string of the molecule is c1ccc(N(c2ccccc2)c2cccc3c2Oc2cccc4c2B3c2cccc3c5ccccc5n-4c23)cc1. The van der Waals surface area contributed by atoms with Crippen molar-refractivity contribution >= 4 is 62.0 Å². The van der Waals surface area contributed by atoms with Gasteiger partial charge in [-0.1, -0.05) is 91.0 Å². The number of nitrogens with zero attached hydrogens (tertiary/aromatic N) is 2. The first kappa shape index (κ1) is 21.7. The molecule has 0 atom stereocenters. The maximum absolute atomic E-state index is 6.92. The van der Waals surface area contributed by atoms with Crippen molar-refractivity contribution in [1.29, 1.82) is 0 Å². The number of hydrogen-bond donors (Lipinski definition) is 0. The topological polar surface area (TPSA) is 17.4 Å². The Balaban J connectivity index is 1.36. The zero-order valence-electron chi connectivity index (χ0n) is 21.7. The predicted octanol–water partition coefficient (Wildman–Crippen LogP) is 7.19. The highest BCUT2D eigenvalue weighted by atomic mass is 16.5. The van der Waals surface area contributed by atoms with Crippen molar-refractivity contribution in [3.8, 4) is 17.2 Å². The van der Waals surface area contributed by atoms with Gasteiger partial charge in [0.25, 0.3) is 6.71 Å². The van der Waals surface area contributed by atoms with Crippen LogP contribution in [0.5, 0.6) is 11.5 Å². The Morgan fingerprint density at radius 3 is 2.00 bits per heavy atom. The van der Waals surface area contributed by atoms with E-state index in [1.54, 1.807) is 0 Å². The fourth-order valence-corrected chi connectivity index (χ4v) is 6.86. The summed E-state index contributed by atoms with van der Waals surface area (Å²) in [6.07, 6.45) is 0. The molecule has 9 rings (SSSR count). The molecule has 0 amide bonds. The molecule has 0 bridgehead atoms. The lowest BCUT2D eigenvalue weighted by atomic mass is 9.34. The van der Waals surface area contributed by atoms with Crippen molar-refractivity contribution in [3.05, 3.63) is 140 Å². The normalized spacial score (nSPS) is 12.7. The third-order valence-corrected chi connectivity index (χ3v) is 8.43. The molecule has 0 saturated carbocycles. The van der Waals surface area contributed by atoms with E-state index in [4.69, 9.17) is 4.74 Å². The van der Waals surface area contributed by atoms with E-state index in [9.17, 15) is 0 Å². The third kappa shape index (κ3) is 2.85. The summed E-state index contributed by atoms with van der Waals surface area (Å²) < 4.78 is 9.36. The van der Waals surface area contributed by atoms with Gasteiger partial charge >= 0.3 is 0 Å². The van der Waals surface area contributed by atoms with Gasteiger partial charge in [0, 0.05) is 33.4 Å². The molecule has 0 unspecified atom stereocenters. The molecule has 0 N–H and O–H groups in total. The average molecular weight is 510 g/mol. The van der Waals surface area contributed by atoms with Gasteiger partial charge in [-0.05, 0) is 64.9 Å². The number of aromatic nitrogens is 1. The molecule has 4 heteroatoms. The summed E-state index contributed by atoms with van der Waals surface area (Å²) in [6.45, 7) is 0.0730. The predicted molar refractivity (Wildman–Crippen MR) is 167 cm³/mol. The minimum atomic E-state index is 0.0730. The summed E-state index contributed by atoms with van der Waals surface area (Å²) >= 11 is 0. The van der Waals surface area contributed by atoms with E-state index in [1.807, 2.05) is 0 Å². The summed E-state index contributed by atoms with van der Waals surface area (Å²) in [5, 5.41) is 2.58. The van der Waals surface area contributed by atoms with Crippen LogP contribution in [0.25, 0.3) is 27.5 Å². The van der Waals surface area contributed by atoms with Gasteiger partial charge in [-0.15, -0.1) is 0 Å². The Morgan fingerprint density at radius 2 is 1.20 bits per heavy atom. The summed E-state index contributed by atoms with van der Waals surface area (Å²) in [4.78, 5) is 2.30. The van der Waals surface area contributed by atoms with Crippen LogP contribution >= 0.6 is 0 Å². The van der Waals surface area contributed by atoms with Crippen LogP contribution in [-0.4, -0.2) is 11.3 Å². The van der Waals surface area contributed by atoms with Crippen LogP contribution in [0.15, 0.2) is 140 Å². The molecule has 0 fully saturated rings. The lowest BCUT2D eigenvalue weighted by Crippen LogP contribution is -2.58. The highest BCUT2D eigenvalue weighted by molar-refractivity contribution is 6.99. The highest BCUT2D eigenvalue weighted by Gasteiger charge is 2.41. The average Bonchev–Trinajstić information content (AvgIpc) is 3.36. The molecule has 1 aromatic heterocycles. The van der Waals surface area contributed by atoms with Crippen molar-refractivity contribution in [2.75, 3.05) is 4.90 Å². The molecule has 186 valence electrons. The lowest BCUT2D eigenvalue weighted by molar-refractivity contribution is 0.488. The number of hydrogen-bond acceptors (Lipinski definition) is 2. The molecular formula is C36H23BN2O. The van der Waals surface area contributed by atoms with Crippen LogP contribution in [0.3, 0.4) is 0 Å². The van der Waals surface area contributed by atoms with Gasteiger partial charge in [0.15, 0.2) is 0 Å². The zero-order valence-corrected chi connectivity index (χ0v) is 21.7. The van der Waals surface area contributed by atoms with Crippen LogP contribution in [-0.2, 0) is 0 Å². The van der Waals surface area contributed by atoms with Gasteiger partial charge in [0.2, 0.25) is 0 Å². The standard InChI is InChI=1S/C36H23BN2O/c1-3-12-24(13-4-1)38(25-14-5-2-6-15-25)32-22-10-19-29-36(32)40-33-23-11-21-31-34(33)37(29)28-18-9-17-27-26-16-7-8-20-30(26)39(31)35(27)28/h1-23H. The van der Waals surface area contributed by atoms with Crippen LogP contribution in [0, 0.1) is 0 Å². The number of anilines is 3. The number of rotatable bonds is 3. The summed E-state index contributed by atoms with van der Waals surface area (Å²) in [5.74, 6) is 1.83. The minimum absolute atomic E-state index is 0.0730. The summed E-state index contributed by atoms with van der Waals surface area (Å²) in [5.41, 5.74) is 10.7. The quantitative estimate of drug-likeness (QED) is 0.234. The summed E-state index contributed by atoms with van der Waals surface area (Å²) in [7, 11) is 0. The molecular weight excluding hydrogens is 487 g/mol. The first-order chi connectivity index (χ1) is 19.9. The fraction of sp³-hybridized carbons (Fsp3) is 0. The van der Waals surface area contributed by atoms with E-state index in [-0.39, 0.29) is 6.71 Å². The van der Waals surface area contributed by atoms with Crippen molar-refractivity contribution in [1.82, 2.24) is 4.57 Å². The molecule has 6 aromatic carbocycles. The van der Waals surface area contributed by atoms with Gasteiger partial charge in [-0.2, -0.15) is 0 Å². The van der Waals surface area contributed by atoms with Crippen LogP contribution < -0.4 is 26.0 Å². The fourth-order valence-electron chi connectivity index (χ4n) is 6.86. The van der Waals surface area contributed by atoms with E-state index in [2.05, 4.69) is 149 Å². The third-order valence-electron chi connectivity index (χ3n) is 8.43. The van der Waals surface area contributed by atoms with Crippen molar-refractivity contribution < 1.29 is 4.74 Å². The van der Waals surface area contributed by atoms with E-state index in [0.717, 1.165) is 28.6 Å². The van der Waals surface area contributed by atoms with Gasteiger partial charge in [0.05, 0.1) is 11.2 Å². The molecule has 3 heterocycles. The van der Waals surface area contributed by atoms with Crippen LogP contribution in [0.4, 0.5) is 17.1 Å². The van der Waals surface area contributed by atoms with Gasteiger partial charge in [0.1, 0.15) is 11.5 Å². The number of para-hydroxylation sites is 5. The smallest absolute Gasteiger partial charge is 0.256 e. The lowest BCUT2D eigenvalue weighted by Gasteiger charge is -2.36. The minimum Gasteiger partial charge on any atom is -0.456 e. The van der Waals surface area contributed by atoms with Crippen LogP contribution in [0.1, 0.15) is 0 Å². The largest absolute Gasteiger partial charge is 0.456 e. The molecule has 0 saturated heterocycles. The molecule has 2 aliphatic heterocycles. The Hall–Kier alpha value is -5.22. The zero-order chi connectivity index (χ0) is 26.2. The van der Waals surface area contributed by atoms with E-state index < -0.39 is 0 Å². The van der Waals surface area contributed by atoms with Gasteiger partial charge < -0.3 is 14.2 Å². The van der Waals surface area contributed by atoms with Crippen molar-refractivity contribution in [2.24, 2.45) is 0 Å². The molecule has 40 heavy (non-hydrogen) atoms. The molecule has 0 radical (unpaired) electrons. The molecule has 2 aliphatic rings. The van der Waals surface area contributed by atoms with Gasteiger partial charge in [-0.3, -0.25) is 0 Å². The second kappa shape index (κ2) is 8.14. The molecule has 0 aliphatic carbocycles. The maximum Gasteiger partial charge on any atom is 0.256 e. The van der Waals surface area contributed by atoms with Crippen molar-refractivity contribution in [2.45, 2.75) is 0 Å². The first-order valence-electron chi connectivity index (χ1n) is 13.7. The summed E-state index contributed by atoms with van der Waals surface area (Å²) in [6, 6.07) is 49.7. The molecule has 7 aromatic rings. The second-order valence-electron chi connectivity index (χ2n) is 10.5. The number of benzene rings is 6.